The van der Waals surface area contributed by atoms with E-state index in [0.717, 1.165) is 35.5 Å². The van der Waals surface area contributed by atoms with Crippen LogP contribution in [0.3, 0.4) is 0 Å². The van der Waals surface area contributed by atoms with Gasteiger partial charge in [0.25, 0.3) is 5.91 Å². The average Bonchev–Trinajstić information content (AvgIpc) is 3.47. The molecule has 3 aromatic heterocycles. The number of carbonyl (C=O) groups excluding carboxylic acids is 1. The summed E-state index contributed by atoms with van der Waals surface area (Å²) in [5, 5.41) is 0.739. The molecule has 5 rings (SSSR count). The molecular weight excluding hydrogens is 439 g/mol. The van der Waals surface area contributed by atoms with Crippen molar-refractivity contribution in [2.45, 2.75) is 38.6 Å². The Morgan fingerprint density at radius 1 is 1.18 bits per heavy atom. The van der Waals surface area contributed by atoms with Crippen molar-refractivity contribution in [1.29, 1.82) is 0 Å². The molecule has 1 atom stereocenters. The van der Waals surface area contributed by atoms with Crippen LogP contribution in [0, 0.1) is 12.7 Å². The Bertz CT molecular complexity index is 1250. The van der Waals surface area contributed by atoms with Crippen molar-refractivity contribution in [3.63, 3.8) is 0 Å². The van der Waals surface area contributed by atoms with E-state index in [-0.39, 0.29) is 17.8 Å². The number of aryl methyl sites for hydroxylation is 1. The van der Waals surface area contributed by atoms with Gasteiger partial charge >= 0.3 is 0 Å². The normalized spacial score (nSPS) is 16.2. The zero-order chi connectivity index (χ0) is 22.8. The van der Waals surface area contributed by atoms with Gasteiger partial charge in [0, 0.05) is 19.2 Å². The Labute approximate surface area is 195 Å². The fourth-order valence-electron chi connectivity index (χ4n) is 4.12. The zero-order valence-electron chi connectivity index (χ0n) is 18.2. The van der Waals surface area contributed by atoms with Gasteiger partial charge in [0.1, 0.15) is 27.5 Å². The Kier molecular flexibility index (Phi) is 6.00. The molecule has 8 heteroatoms. The van der Waals surface area contributed by atoms with Crippen molar-refractivity contribution in [1.82, 2.24) is 19.9 Å². The summed E-state index contributed by atoms with van der Waals surface area (Å²) in [6, 6.07) is 11.8. The molecule has 0 saturated carbocycles. The van der Waals surface area contributed by atoms with Crippen molar-refractivity contribution in [2.24, 2.45) is 0 Å². The highest BCUT2D eigenvalue weighted by molar-refractivity contribution is 7.17. The van der Waals surface area contributed by atoms with Crippen molar-refractivity contribution < 1.29 is 13.6 Å². The number of thiazole rings is 1. The maximum atomic E-state index is 13.5. The average molecular weight is 463 g/mol. The van der Waals surface area contributed by atoms with E-state index < -0.39 is 0 Å². The summed E-state index contributed by atoms with van der Waals surface area (Å²) in [5.41, 5.74) is 2.41. The largest absolute Gasteiger partial charge is 0.443 e. The first-order chi connectivity index (χ1) is 16.1. The molecule has 0 aliphatic carbocycles. The number of hydrogen-bond acceptors (Lipinski definition) is 6. The molecule has 1 saturated heterocycles. The molecule has 6 nitrogen and oxygen atoms in total. The highest BCUT2D eigenvalue weighted by atomic mass is 32.1. The lowest BCUT2D eigenvalue weighted by Gasteiger charge is -2.33. The smallest absolute Gasteiger partial charge is 0.266 e. The quantitative estimate of drug-likeness (QED) is 0.386. The number of likely N-dealkylation sites (tertiary alicyclic amines) is 1. The third-order valence-corrected chi connectivity index (χ3v) is 6.95. The number of piperidine rings is 1. The topological polar surface area (TPSA) is 72.1 Å². The molecule has 0 radical (unpaired) electrons. The van der Waals surface area contributed by atoms with E-state index in [9.17, 15) is 9.18 Å². The van der Waals surface area contributed by atoms with Crippen LogP contribution in [0.15, 0.2) is 59.3 Å². The van der Waals surface area contributed by atoms with Crippen LogP contribution in [0.4, 0.5) is 4.39 Å². The third-order valence-electron chi connectivity index (χ3n) is 5.79. The molecule has 4 aromatic rings. The summed E-state index contributed by atoms with van der Waals surface area (Å²) < 4.78 is 19.2. The number of nitrogens with zero attached hydrogens (tertiary/aromatic N) is 4. The predicted molar refractivity (Wildman–Crippen MR) is 123 cm³/mol. The predicted octanol–water partition coefficient (Wildman–Crippen LogP) is 5.60. The maximum Gasteiger partial charge on any atom is 0.266 e. The molecule has 33 heavy (non-hydrogen) atoms. The van der Waals surface area contributed by atoms with E-state index in [1.807, 2.05) is 30.0 Å². The number of aromatic nitrogens is 3. The van der Waals surface area contributed by atoms with E-state index in [2.05, 4.69) is 15.0 Å². The van der Waals surface area contributed by atoms with E-state index in [1.165, 1.54) is 23.5 Å². The molecule has 1 aliphatic rings. The Morgan fingerprint density at radius 3 is 2.82 bits per heavy atom. The first kappa shape index (κ1) is 21.5. The summed E-state index contributed by atoms with van der Waals surface area (Å²) in [4.78, 5) is 29.5. The lowest BCUT2D eigenvalue weighted by molar-refractivity contribution is 0.0574. The van der Waals surface area contributed by atoms with Crippen LogP contribution in [0.2, 0.25) is 0 Å². The van der Waals surface area contributed by atoms with Crippen molar-refractivity contribution in [3.05, 3.63) is 88.5 Å². The molecule has 1 aromatic carbocycles. The molecule has 0 unspecified atom stereocenters. The van der Waals surface area contributed by atoms with Crippen LogP contribution in [0.5, 0.6) is 0 Å². The fraction of sp³-hybridized carbons (Fsp3) is 0.280. The molecule has 1 fully saturated rings. The molecular formula is C25H23FN4O2S. The van der Waals surface area contributed by atoms with Crippen LogP contribution in [0.25, 0.3) is 10.7 Å². The number of amides is 1. The molecule has 0 bridgehead atoms. The molecule has 0 N–H and O–H groups in total. The van der Waals surface area contributed by atoms with Gasteiger partial charge in [-0.25, -0.2) is 14.4 Å². The molecule has 1 aliphatic heterocycles. The summed E-state index contributed by atoms with van der Waals surface area (Å²) in [6.45, 7) is 2.51. The highest BCUT2D eigenvalue weighted by Gasteiger charge is 2.34. The van der Waals surface area contributed by atoms with Gasteiger partial charge in [-0.3, -0.25) is 9.78 Å². The highest BCUT2D eigenvalue weighted by Crippen LogP contribution is 2.35. The molecule has 4 heterocycles. The monoisotopic (exact) mass is 462 g/mol. The van der Waals surface area contributed by atoms with Crippen molar-refractivity contribution in [2.75, 3.05) is 6.54 Å². The van der Waals surface area contributed by atoms with Gasteiger partial charge in [0.15, 0.2) is 0 Å². The fourth-order valence-corrected chi connectivity index (χ4v) is 5.12. The minimum Gasteiger partial charge on any atom is -0.443 e. The van der Waals surface area contributed by atoms with Gasteiger partial charge in [-0.2, -0.15) is 0 Å². The lowest BCUT2D eigenvalue weighted by Crippen LogP contribution is -2.38. The van der Waals surface area contributed by atoms with Crippen LogP contribution >= 0.6 is 11.3 Å². The number of pyridine rings is 1. The van der Waals surface area contributed by atoms with Crippen LogP contribution < -0.4 is 0 Å². The number of benzene rings is 1. The number of carbonyl (C=O) groups is 1. The van der Waals surface area contributed by atoms with E-state index in [4.69, 9.17) is 4.42 Å². The maximum absolute atomic E-state index is 13.5. The SMILES string of the molecule is Cc1nc(-c2ccccn2)sc1C(=O)N1CCCC[C@@H]1c1ncc(Cc2ccc(F)cc2)o1. The molecule has 0 spiro atoms. The van der Waals surface area contributed by atoms with Crippen LogP contribution in [0.1, 0.15) is 57.9 Å². The number of oxazole rings is 1. The first-order valence-corrected chi connectivity index (χ1v) is 11.8. The first-order valence-electron chi connectivity index (χ1n) is 11.0. The second-order valence-electron chi connectivity index (χ2n) is 8.13. The van der Waals surface area contributed by atoms with Gasteiger partial charge in [0.05, 0.1) is 17.6 Å². The Hall–Kier alpha value is -3.39. The number of halogens is 1. The molecule has 168 valence electrons. The second kappa shape index (κ2) is 9.23. The number of hydrogen-bond donors (Lipinski definition) is 0. The number of rotatable bonds is 5. The minimum atomic E-state index is -0.266. The lowest BCUT2D eigenvalue weighted by atomic mass is 10.0. The minimum absolute atomic E-state index is 0.0461. The Morgan fingerprint density at radius 2 is 2.03 bits per heavy atom. The summed E-state index contributed by atoms with van der Waals surface area (Å²) in [6.07, 6.45) is 6.69. The van der Waals surface area contributed by atoms with E-state index >= 15 is 0 Å². The van der Waals surface area contributed by atoms with Gasteiger partial charge in [-0.05, 0) is 56.0 Å². The summed E-state index contributed by atoms with van der Waals surface area (Å²) in [5.74, 6) is 0.932. The molecule has 1 amide bonds. The van der Waals surface area contributed by atoms with E-state index in [1.54, 1.807) is 24.5 Å². The van der Waals surface area contributed by atoms with E-state index in [0.29, 0.717) is 35.2 Å². The van der Waals surface area contributed by atoms with Gasteiger partial charge in [-0.1, -0.05) is 18.2 Å². The van der Waals surface area contributed by atoms with Gasteiger partial charge in [-0.15, -0.1) is 11.3 Å². The Balaban J connectivity index is 1.37. The van der Waals surface area contributed by atoms with Crippen LogP contribution in [-0.2, 0) is 6.42 Å². The zero-order valence-corrected chi connectivity index (χ0v) is 19.0. The van der Waals surface area contributed by atoms with Crippen molar-refractivity contribution in [3.8, 4) is 10.7 Å². The second-order valence-corrected chi connectivity index (χ2v) is 9.13. The summed E-state index contributed by atoms with van der Waals surface area (Å²) >= 11 is 1.37. The summed E-state index contributed by atoms with van der Waals surface area (Å²) in [7, 11) is 0. The van der Waals surface area contributed by atoms with Crippen molar-refractivity contribution >= 4 is 17.2 Å². The van der Waals surface area contributed by atoms with Crippen LogP contribution in [-0.4, -0.2) is 32.3 Å². The standard InChI is InChI=1S/C25H23FN4O2S/c1-16-22(33-24(29-16)20-6-2-4-12-27-20)25(31)30-13-5-3-7-21(30)23-28-15-19(32-23)14-17-8-10-18(26)11-9-17/h2,4,6,8-12,15,21H,3,5,7,13-14H2,1H3/t21-/m1/s1. The van der Waals surface area contributed by atoms with Gasteiger partial charge < -0.3 is 9.32 Å². The van der Waals surface area contributed by atoms with Gasteiger partial charge in [0.2, 0.25) is 5.89 Å². The third kappa shape index (κ3) is 4.57.